The van der Waals surface area contributed by atoms with Crippen LogP contribution in [-0.4, -0.2) is 11.0 Å². The van der Waals surface area contributed by atoms with E-state index in [1.165, 1.54) is 0 Å². The zero-order valence-corrected chi connectivity index (χ0v) is 7.88. The van der Waals surface area contributed by atoms with E-state index >= 15 is 0 Å². The van der Waals surface area contributed by atoms with Gasteiger partial charge in [0.15, 0.2) is 0 Å². The van der Waals surface area contributed by atoms with Gasteiger partial charge in [-0.2, -0.15) is 0 Å². The summed E-state index contributed by atoms with van der Waals surface area (Å²) in [6.45, 7) is 1.78. The number of rotatable bonds is 3. The summed E-state index contributed by atoms with van der Waals surface area (Å²) in [4.78, 5) is 0. The first-order valence-electron chi connectivity index (χ1n) is 4.01. The van der Waals surface area contributed by atoms with E-state index in [2.05, 4.69) is 0 Å². The Morgan fingerprint density at radius 3 is 2.42 bits per heavy atom. The number of alkyl halides is 1. The van der Waals surface area contributed by atoms with Crippen LogP contribution in [0.4, 0.5) is 0 Å². The molecule has 0 heterocycles. The highest BCUT2D eigenvalue weighted by molar-refractivity contribution is 6.17. The van der Waals surface area contributed by atoms with Gasteiger partial charge in [-0.15, -0.1) is 11.6 Å². The molecule has 12 heavy (non-hydrogen) atoms. The molecule has 1 N–H and O–H groups in total. The van der Waals surface area contributed by atoms with Crippen LogP contribution in [0.2, 0.25) is 0 Å². The average Bonchev–Trinajstić information content (AvgIpc) is 2.06. The fourth-order valence-electron chi connectivity index (χ4n) is 1.13. The summed E-state index contributed by atoms with van der Waals surface area (Å²) < 4.78 is 0. The Morgan fingerprint density at radius 2 is 1.92 bits per heavy atom. The molecule has 1 nitrogen and oxygen atoms in total. The first-order chi connectivity index (χ1) is 5.67. The molecule has 66 valence electrons. The molecule has 0 saturated carbocycles. The Labute approximate surface area is 78.0 Å². The van der Waals surface area contributed by atoms with E-state index in [9.17, 15) is 5.11 Å². The van der Waals surface area contributed by atoms with Crippen LogP contribution < -0.4 is 0 Å². The third-order valence-corrected chi connectivity index (χ3v) is 2.17. The molecule has 0 spiro atoms. The number of aliphatic hydroxyl groups is 1. The van der Waals surface area contributed by atoms with Gasteiger partial charge in [0, 0.05) is 5.88 Å². The third kappa shape index (κ3) is 2.23. The molecule has 1 aromatic rings. The summed E-state index contributed by atoms with van der Waals surface area (Å²) in [5, 5.41) is 9.90. The van der Waals surface area contributed by atoms with Gasteiger partial charge in [-0.3, -0.25) is 0 Å². The minimum absolute atomic E-state index is 0.474. The maximum Gasteiger partial charge on any atom is 0.0879 e. The normalized spacial score (nSPS) is 15.6. The first kappa shape index (κ1) is 9.56. The van der Waals surface area contributed by atoms with E-state index in [4.69, 9.17) is 11.6 Å². The molecule has 2 heteroatoms. The molecule has 0 fully saturated rings. The van der Waals surface area contributed by atoms with Crippen molar-refractivity contribution in [1.82, 2.24) is 0 Å². The highest BCUT2D eigenvalue weighted by Crippen LogP contribution is 2.24. The van der Waals surface area contributed by atoms with Crippen molar-refractivity contribution >= 4 is 11.6 Å². The number of benzene rings is 1. The van der Waals surface area contributed by atoms with E-state index < -0.39 is 5.60 Å². The zero-order chi connectivity index (χ0) is 9.03. The fourth-order valence-corrected chi connectivity index (χ4v) is 1.49. The van der Waals surface area contributed by atoms with E-state index in [1.807, 2.05) is 30.3 Å². The Balaban J connectivity index is 2.82. The summed E-state index contributed by atoms with van der Waals surface area (Å²) in [7, 11) is 0. The van der Waals surface area contributed by atoms with Gasteiger partial charge in [-0.1, -0.05) is 30.3 Å². The molecule has 1 rings (SSSR count). The predicted molar refractivity (Wildman–Crippen MR) is 51.3 cm³/mol. The molecule has 0 aliphatic carbocycles. The van der Waals surface area contributed by atoms with Crippen molar-refractivity contribution in [2.75, 3.05) is 5.88 Å². The lowest BCUT2D eigenvalue weighted by molar-refractivity contribution is 0.0540. The van der Waals surface area contributed by atoms with Crippen LogP contribution in [0.3, 0.4) is 0 Å². The highest BCUT2D eigenvalue weighted by Gasteiger charge is 2.21. The Morgan fingerprint density at radius 1 is 1.33 bits per heavy atom. The summed E-state index contributed by atoms with van der Waals surface area (Å²) >= 11 is 5.58. The minimum Gasteiger partial charge on any atom is -0.385 e. The Hall–Kier alpha value is -0.530. The van der Waals surface area contributed by atoms with Crippen molar-refractivity contribution in [2.45, 2.75) is 18.9 Å². The van der Waals surface area contributed by atoms with Crippen molar-refractivity contribution < 1.29 is 5.11 Å². The molecule has 0 saturated heterocycles. The maximum absolute atomic E-state index is 9.90. The van der Waals surface area contributed by atoms with Crippen molar-refractivity contribution in [3.05, 3.63) is 35.9 Å². The fraction of sp³-hybridized carbons (Fsp3) is 0.400. The maximum atomic E-state index is 9.90. The Kier molecular flexibility index (Phi) is 3.12. The second kappa shape index (κ2) is 3.92. The lowest BCUT2D eigenvalue weighted by Gasteiger charge is -2.22. The van der Waals surface area contributed by atoms with Crippen molar-refractivity contribution in [3.63, 3.8) is 0 Å². The van der Waals surface area contributed by atoms with Crippen molar-refractivity contribution in [1.29, 1.82) is 0 Å². The molecule has 0 aliphatic heterocycles. The second-order valence-corrected chi connectivity index (χ2v) is 3.46. The molecule has 1 atom stereocenters. The molecule has 1 aromatic carbocycles. The number of halogens is 1. The predicted octanol–water partition coefficient (Wildman–Crippen LogP) is 2.52. The van der Waals surface area contributed by atoms with Gasteiger partial charge < -0.3 is 5.11 Å². The number of hydrogen-bond donors (Lipinski definition) is 1. The highest BCUT2D eigenvalue weighted by atomic mass is 35.5. The van der Waals surface area contributed by atoms with Crippen LogP contribution in [0.25, 0.3) is 0 Å². The molecule has 0 amide bonds. The Bertz CT molecular complexity index is 231. The smallest absolute Gasteiger partial charge is 0.0879 e. The standard InChI is InChI=1S/C10H13ClO/c1-10(12,7-8-11)9-5-3-2-4-6-9/h2-6,12H,7-8H2,1H3. The summed E-state index contributed by atoms with van der Waals surface area (Å²) in [6.07, 6.45) is 0.582. The van der Waals surface area contributed by atoms with Crippen molar-refractivity contribution in [3.8, 4) is 0 Å². The number of hydrogen-bond acceptors (Lipinski definition) is 1. The molecule has 0 aliphatic rings. The van der Waals surface area contributed by atoms with Gasteiger partial charge >= 0.3 is 0 Å². The summed E-state index contributed by atoms with van der Waals surface area (Å²) in [5.74, 6) is 0.474. The monoisotopic (exact) mass is 184 g/mol. The molecule has 0 aromatic heterocycles. The van der Waals surface area contributed by atoms with Gasteiger partial charge in [-0.25, -0.2) is 0 Å². The van der Waals surface area contributed by atoms with Gasteiger partial charge in [0.05, 0.1) is 5.60 Å². The lowest BCUT2D eigenvalue weighted by atomic mass is 9.94. The van der Waals surface area contributed by atoms with Crippen LogP contribution in [0.1, 0.15) is 18.9 Å². The summed E-state index contributed by atoms with van der Waals surface area (Å²) in [6, 6.07) is 9.58. The van der Waals surface area contributed by atoms with Crippen LogP contribution in [0.5, 0.6) is 0 Å². The van der Waals surface area contributed by atoms with Crippen molar-refractivity contribution in [2.24, 2.45) is 0 Å². The van der Waals surface area contributed by atoms with E-state index in [0.29, 0.717) is 12.3 Å². The van der Waals surface area contributed by atoms with Crippen LogP contribution in [0, 0.1) is 0 Å². The van der Waals surface area contributed by atoms with E-state index in [0.717, 1.165) is 5.56 Å². The molecule has 0 bridgehead atoms. The zero-order valence-electron chi connectivity index (χ0n) is 7.13. The minimum atomic E-state index is -0.789. The lowest BCUT2D eigenvalue weighted by Crippen LogP contribution is -2.21. The molecular weight excluding hydrogens is 172 g/mol. The van der Waals surface area contributed by atoms with Crippen LogP contribution >= 0.6 is 11.6 Å². The van der Waals surface area contributed by atoms with Gasteiger partial charge in [0.2, 0.25) is 0 Å². The van der Waals surface area contributed by atoms with Gasteiger partial charge in [0.25, 0.3) is 0 Å². The van der Waals surface area contributed by atoms with E-state index in [-0.39, 0.29) is 0 Å². The molecule has 1 unspecified atom stereocenters. The average molecular weight is 185 g/mol. The second-order valence-electron chi connectivity index (χ2n) is 3.08. The van der Waals surface area contributed by atoms with Gasteiger partial charge in [0.1, 0.15) is 0 Å². The third-order valence-electron chi connectivity index (χ3n) is 1.98. The molecular formula is C10H13ClO. The first-order valence-corrected chi connectivity index (χ1v) is 4.54. The van der Waals surface area contributed by atoms with Crippen LogP contribution in [-0.2, 0) is 5.60 Å². The quantitative estimate of drug-likeness (QED) is 0.716. The van der Waals surface area contributed by atoms with E-state index in [1.54, 1.807) is 6.92 Å². The SMILES string of the molecule is CC(O)(CCCl)c1ccccc1. The largest absolute Gasteiger partial charge is 0.385 e. The molecule has 0 radical (unpaired) electrons. The topological polar surface area (TPSA) is 20.2 Å². The van der Waals surface area contributed by atoms with Crippen LogP contribution in [0.15, 0.2) is 30.3 Å². The summed E-state index contributed by atoms with van der Waals surface area (Å²) in [5.41, 5.74) is 0.133. The van der Waals surface area contributed by atoms with Gasteiger partial charge in [-0.05, 0) is 18.9 Å².